The molecule has 0 bridgehead atoms. The molecule has 150 valence electrons. The number of nitro benzene ring substituents is 1. The number of amides is 4. The van der Waals surface area contributed by atoms with E-state index < -0.39 is 22.4 Å². The maximum Gasteiger partial charge on any atom is 0.325 e. The van der Waals surface area contributed by atoms with E-state index in [1.165, 1.54) is 31.2 Å². The van der Waals surface area contributed by atoms with Gasteiger partial charge in [0.2, 0.25) is 5.91 Å². The average molecular weight is 388 g/mol. The summed E-state index contributed by atoms with van der Waals surface area (Å²) in [5.74, 6) is -0.267. The molecule has 2 fully saturated rings. The molecule has 0 spiro atoms. The van der Waals surface area contributed by atoms with Gasteiger partial charge in [-0.05, 0) is 49.8 Å². The second-order valence-electron chi connectivity index (χ2n) is 7.53. The molecular weight excluding hydrogens is 364 g/mol. The third-order valence-corrected chi connectivity index (χ3v) is 5.25. The molecule has 1 aliphatic heterocycles. The number of nitrogens with one attached hydrogen (secondary N) is 1. The molecule has 4 amide bonds. The van der Waals surface area contributed by atoms with Gasteiger partial charge in [-0.3, -0.25) is 24.6 Å². The summed E-state index contributed by atoms with van der Waals surface area (Å²) in [4.78, 5) is 51.0. The van der Waals surface area contributed by atoms with Gasteiger partial charge in [-0.1, -0.05) is 6.92 Å². The Hall–Kier alpha value is -2.97. The average Bonchev–Trinajstić information content (AvgIpc) is 3.45. The number of carbonyl (C=O) groups excluding carboxylic acids is 3. The van der Waals surface area contributed by atoms with Gasteiger partial charge in [0, 0.05) is 25.2 Å². The van der Waals surface area contributed by atoms with Gasteiger partial charge >= 0.3 is 6.03 Å². The zero-order valence-corrected chi connectivity index (χ0v) is 16.0. The number of nitrogens with zero attached hydrogens (tertiary/aromatic N) is 3. The normalized spacial score (nSPS) is 21.6. The van der Waals surface area contributed by atoms with Gasteiger partial charge in [0.1, 0.15) is 12.1 Å². The SMILES string of the molecule is CCCN(CC1CC1)C(=O)CN1C(=O)N[C@](C)(c2ccc([N+](=O)[O-])cc2)C1=O. The van der Waals surface area contributed by atoms with Crippen LogP contribution in [-0.4, -0.2) is 52.2 Å². The molecular formula is C19H24N4O5. The van der Waals surface area contributed by atoms with Crippen molar-refractivity contribution in [2.45, 2.75) is 38.6 Å². The van der Waals surface area contributed by atoms with E-state index >= 15 is 0 Å². The molecule has 1 aromatic carbocycles. The van der Waals surface area contributed by atoms with Crippen molar-refractivity contribution in [2.24, 2.45) is 5.92 Å². The topological polar surface area (TPSA) is 113 Å². The molecule has 28 heavy (non-hydrogen) atoms. The van der Waals surface area contributed by atoms with Crippen LogP contribution in [0.1, 0.15) is 38.7 Å². The van der Waals surface area contributed by atoms with E-state index in [1.807, 2.05) is 6.92 Å². The largest absolute Gasteiger partial charge is 0.341 e. The van der Waals surface area contributed by atoms with Crippen molar-refractivity contribution in [2.75, 3.05) is 19.6 Å². The van der Waals surface area contributed by atoms with Crippen molar-refractivity contribution >= 4 is 23.5 Å². The minimum Gasteiger partial charge on any atom is -0.341 e. The van der Waals surface area contributed by atoms with Crippen LogP contribution in [0.5, 0.6) is 0 Å². The number of benzene rings is 1. The summed E-state index contributed by atoms with van der Waals surface area (Å²) < 4.78 is 0. The van der Waals surface area contributed by atoms with E-state index in [0.29, 0.717) is 24.6 Å². The smallest absolute Gasteiger partial charge is 0.325 e. The first-order chi connectivity index (χ1) is 13.3. The molecule has 1 atom stereocenters. The molecule has 0 unspecified atom stereocenters. The Morgan fingerprint density at radius 2 is 1.96 bits per heavy atom. The summed E-state index contributed by atoms with van der Waals surface area (Å²) in [5, 5.41) is 13.4. The van der Waals surface area contributed by atoms with Crippen LogP contribution in [0.25, 0.3) is 0 Å². The van der Waals surface area contributed by atoms with Crippen molar-refractivity contribution in [3.63, 3.8) is 0 Å². The molecule has 1 saturated heterocycles. The van der Waals surface area contributed by atoms with Gasteiger partial charge in [-0.25, -0.2) is 4.79 Å². The molecule has 1 aliphatic carbocycles. The number of hydrogen-bond acceptors (Lipinski definition) is 5. The van der Waals surface area contributed by atoms with E-state index in [9.17, 15) is 24.5 Å². The minimum absolute atomic E-state index is 0.105. The molecule has 1 saturated carbocycles. The van der Waals surface area contributed by atoms with Gasteiger partial charge < -0.3 is 10.2 Å². The van der Waals surface area contributed by atoms with Crippen LogP contribution in [0.2, 0.25) is 0 Å². The molecule has 0 aromatic heterocycles. The quantitative estimate of drug-likeness (QED) is 0.416. The number of nitro groups is 1. The fraction of sp³-hybridized carbons (Fsp3) is 0.526. The lowest BCUT2D eigenvalue weighted by atomic mass is 9.92. The van der Waals surface area contributed by atoms with Gasteiger partial charge in [-0.15, -0.1) is 0 Å². The molecule has 0 radical (unpaired) electrons. The van der Waals surface area contributed by atoms with Crippen LogP contribution in [-0.2, 0) is 15.1 Å². The third kappa shape index (κ3) is 3.83. The van der Waals surface area contributed by atoms with Gasteiger partial charge in [0.25, 0.3) is 11.6 Å². The molecule has 9 heteroatoms. The first-order valence-corrected chi connectivity index (χ1v) is 9.43. The Morgan fingerprint density at radius 3 is 2.50 bits per heavy atom. The van der Waals surface area contributed by atoms with E-state index in [0.717, 1.165) is 24.2 Å². The Kier molecular flexibility index (Phi) is 5.35. The number of non-ortho nitro benzene ring substituents is 1. The van der Waals surface area contributed by atoms with Crippen LogP contribution >= 0.6 is 0 Å². The summed E-state index contributed by atoms with van der Waals surface area (Å²) in [6.07, 6.45) is 3.02. The van der Waals surface area contributed by atoms with Gasteiger partial charge in [-0.2, -0.15) is 0 Å². The summed E-state index contributed by atoms with van der Waals surface area (Å²) >= 11 is 0. The highest BCUT2D eigenvalue weighted by molar-refractivity contribution is 6.09. The lowest BCUT2D eigenvalue weighted by Crippen LogP contribution is -2.45. The maximum absolute atomic E-state index is 12.9. The van der Waals surface area contributed by atoms with Gasteiger partial charge in [0.15, 0.2) is 0 Å². The Bertz CT molecular complexity index is 805. The monoisotopic (exact) mass is 388 g/mol. The fourth-order valence-corrected chi connectivity index (χ4v) is 3.39. The molecule has 2 aliphatic rings. The first-order valence-electron chi connectivity index (χ1n) is 9.43. The molecule has 3 rings (SSSR count). The number of urea groups is 1. The molecule has 1 heterocycles. The fourth-order valence-electron chi connectivity index (χ4n) is 3.39. The summed E-state index contributed by atoms with van der Waals surface area (Å²) in [7, 11) is 0. The highest BCUT2D eigenvalue weighted by Gasteiger charge is 2.49. The van der Waals surface area contributed by atoms with Crippen LogP contribution in [0.4, 0.5) is 10.5 Å². The van der Waals surface area contributed by atoms with E-state index in [1.54, 1.807) is 4.90 Å². The van der Waals surface area contributed by atoms with Crippen LogP contribution in [0, 0.1) is 16.0 Å². The second-order valence-corrected chi connectivity index (χ2v) is 7.53. The van der Waals surface area contributed by atoms with Crippen molar-refractivity contribution in [1.82, 2.24) is 15.1 Å². The minimum atomic E-state index is -1.36. The molecule has 1 N–H and O–H groups in total. The predicted molar refractivity (Wildman–Crippen MR) is 100 cm³/mol. The lowest BCUT2D eigenvalue weighted by molar-refractivity contribution is -0.384. The van der Waals surface area contributed by atoms with Crippen LogP contribution in [0.15, 0.2) is 24.3 Å². The number of rotatable bonds is 8. The third-order valence-electron chi connectivity index (χ3n) is 5.25. The van der Waals surface area contributed by atoms with Crippen molar-refractivity contribution < 1.29 is 19.3 Å². The Morgan fingerprint density at radius 1 is 1.32 bits per heavy atom. The second kappa shape index (κ2) is 7.57. The number of hydrogen-bond donors (Lipinski definition) is 1. The maximum atomic E-state index is 12.9. The number of carbonyl (C=O) groups is 3. The lowest BCUT2D eigenvalue weighted by Gasteiger charge is -2.25. The summed E-state index contributed by atoms with van der Waals surface area (Å²) in [6, 6.07) is 4.82. The zero-order chi connectivity index (χ0) is 20.5. The van der Waals surface area contributed by atoms with Gasteiger partial charge in [0.05, 0.1) is 4.92 Å². The first kappa shape index (κ1) is 19.8. The van der Waals surface area contributed by atoms with Crippen molar-refractivity contribution in [3.05, 3.63) is 39.9 Å². The van der Waals surface area contributed by atoms with Crippen LogP contribution in [0.3, 0.4) is 0 Å². The van der Waals surface area contributed by atoms with E-state index in [2.05, 4.69) is 5.32 Å². The van der Waals surface area contributed by atoms with Crippen LogP contribution < -0.4 is 5.32 Å². The Labute approximate surface area is 162 Å². The van der Waals surface area contributed by atoms with E-state index in [-0.39, 0.29) is 18.1 Å². The van der Waals surface area contributed by atoms with Crippen molar-refractivity contribution in [1.29, 1.82) is 0 Å². The number of imide groups is 1. The van der Waals surface area contributed by atoms with E-state index in [4.69, 9.17) is 0 Å². The zero-order valence-electron chi connectivity index (χ0n) is 16.0. The summed E-state index contributed by atoms with van der Waals surface area (Å²) in [6.45, 7) is 4.47. The highest BCUT2D eigenvalue weighted by atomic mass is 16.6. The molecule has 1 aromatic rings. The summed E-state index contributed by atoms with van der Waals surface area (Å²) in [5.41, 5.74) is -1.04. The highest BCUT2D eigenvalue weighted by Crippen LogP contribution is 2.31. The molecule has 9 nitrogen and oxygen atoms in total. The van der Waals surface area contributed by atoms with Crippen molar-refractivity contribution in [3.8, 4) is 0 Å². The predicted octanol–water partition coefficient (Wildman–Crippen LogP) is 2.01. The standard InChI is InChI=1S/C19H24N4O5/c1-3-10-21(11-13-4-5-13)16(24)12-22-17(25)19(2,20-18(22)26)14-6-8-15(9-7-14)23(27)28/h6-9,13H,3-5,10-12H2,1-2H3,(H,20,26)/t19-/m1/s1. The Balaban J connectivity index is 1.74.